The summed E-state index contributed by atoms with van der Waals surface area (Å²) < 4.78 is 13.3. The summed E-state index contributed by atoms with van der Waals surface area (Å²) in [4.78, 5) is 27.0. The number of aliphatic hydroxyl groups is 1. The van der Waals surface area contributed by atoms with E-state index in [0.29, 0.717) is 11.5 Å². The molecule has 0 aliphatic carbocycles. The van der Waals surface area contributed by atoms with E-state index in [-0.39, 0.29) is 22.0 Å². The first-order valence-corrected chi connectivity index (χ1v) is 10.2. The minimum absolute atomic E-state index is 0.0703. The monoisotopic (exact) mass is 423 g/mol. The van der Waals surface area contributed by atoms with Crippen molar-refractivity contribution >= 4 is 33.9 Å². The Bertz CT molecular complexity index is 1120. The summed E-state index contributed by atoms with van der Waals surface area (Å²) in [6.45, 7) is 4.13. The van der Waals surface area contributed by atoms with E-state index in [2.05, 4.69) is 24.0 Å². The predicted molar refractivity (Wildman–Crippen MR) is 112 cm³/mol. The Morgan fingerprint density at radius 2 is 1.77 bits per heavy atom. The molecule has 1 N–H and O–H groups in total. The van der Waals surface area contributed by atoms with Gasteiger partial charge in [-0.15, -0.1) is 10.2 Å². The lowest BCUT2D eigenvalue weighted by Crippen LogP contribution is -2.29. The van der Waals surface area contributed by atoms with Crippen LogP contribution in [-0.4, -0.2) is 27.0 Å². The zero-order valence-electron chi connectivity index (χ0n) is 16.2. The molecule has 0 saturated carbocycles. The summed E-state index contributed by atoms with van der Waals surface area (Å²) in [6.07, 6.45) is 0. The second-order valence-corrected chi connectivity index (χ2v) is 8.03. The zero-order valence-corrected chi connectivity index (χ0v) is 17.1. The number of carbonyl (C=O) groups is 2. The van der Waals surface area contributed by atoms with Crippen LogP contribution < -0.4 is 4.90 Å². The van der Waals surface area contributed by atoms with Crippen LogP contribution in [0.15, 0.2) is 59.6 Å². The van der Waals surface area contributed by atoms with Gasteiger partial charge in [0.25, 0.3) is 5.78 Å². The van der Waals surface area contributed by atoms with Crippen molar-refractivity contribution in [2.45, 2.75) is 25.8 Å². The average Bonchev–Trinajstić information content (AvgIpc) is 3.35. The van der Waals surface area contributed by atoms with E-state index in [4.69, 9.17) is 0 Å². The van der Waals surface area contributed by atoms with Crippen molar-refractivity contribution in [3.05, 3.63) is 82.1 Å². The van der Waals surface area contributed by atoms with Crippen LogP contribution in [0, 0.1) is 5.82 Å². The first-order chi connectivity index (χ1) is 14.4. The van der Waals surface area contributed by atoms with Crippen molar-refractivity contribution in [1.82, 2.24) is 10.2 Å². The molecule has 0 spiro atoms. The van der Waals surface area contributed by atoms with Crippen molar-refractivity contribution in [3.63, 3.8) is 0 Å². The molecular weight excluding hydrogens is 405 g/mol. The fourth-order valence-corrected chi connectivity index (χ4v) is 4.03. The van der Waals surface area contributed by atoms with Gasteiger partial charge in [-0.1, -0.05) is 49.4 Å². The molecule has 0 bridgehead atoms. The number of amides is 1. The minimum Gasteiger partial charge on any atom is -0.507 e. The second-order valence-electron chi connectivity index (χ2n) is 7.22. The number of aliphatic hydroxyl groups excluding tert-OH is 1. The second kappa shape index (κ2) is 7.79. The highest BCUT2D eigenvalue weighted by molar-refractivity contribution is 7.13. The number of anilines is 1. The molecule has 1 saturated heterocycles. The molecule has 6 nitrogen and oxygen atoms in total. The van der Waals surface area contributed by atoms with Crippen LogP contribution in [0.1, 0.15) is 42.5 Å². The van der Waals surface area contributed by atoms with Gasteiger partial charge in [-0.25, -0.2) is 4.39 Å². The number of ketones is 1. The topological polar surface area (TPSA) is 83.4 Å². The molecule has 1 aromatic heterocycles. The molecule has 4 rings (SSSR count). The van der Waals surface area contributed by atoms with Gasteiger partial charge in [0.2, 0.25) is 5.13 Å². The number of aromatic nitrogens is 2. The molecule has 2 aromatic carbocycles. The first kappa shape index (κ1) is 19.9. The fourth-order valence-electron chi connectivity index (χ4n) is 3.44. The van der Waals surface area contributed by atoms with E-state index in [1.807, 2.05) is 24.3 Å². The van der Waals surface area contributed by atoms with Crippen LogP contribution in [0.4, 0.5) is 9.52 Å². The first-order valence-electron chi connectivity index (χ1n) is 9.31. The van der Waals surface area contributed by atoms with Gasteiger partial charge < -0.3 is 5.11 Å². The molecule has 1 aliphatic rings. The summed E-state index contributed by atoms with van der Waals surface area (Å²) in [5.74, 6) is -2.15. The molecule has 1 atom stereocenters. The third-order valence-electron chi connectivity index (χ3n) is 5.04. The number of carbonyl (C=O) groups excluding carboxylic acids is 2. The lowest BCUT2D eigenvalue weighted by molar-refractivity contribution is -0.132. The molecule has 2 heterocycles. The van der Waals surface area contributed by atoms with Gasteiger partial charge in [0.1, 0.15) is 17.1 Å². The number of hydrogen-bond acceptors (Lipinski definition) is 6. The van der Waals surface area contributed by atoms with Gasteiger partial charge in [0.05, 0.1) is 11.6 Å². The lowest BCUT2D eigenvalue weighted by Gasteiger charge is -2.23. The van der Waals surface area contributed by atoms with Gasteiger partial charge in [-0.2, -0.15) is 0 Å². The Balaban J connectivity index is 1.90. The third-order valence-corrected chi connectivity index (χ3v) is 5.72. The van der Waals surface area contributed by atoms with Crippen LogP contribution in [0.25, 0.3) is 5.76 Å². The van der Waals surface area contributed by atoms with E-state index < -0.39 is 23.5 Å². The lowest BCUT2D eigenvalue weighted by atomic mass is 9.93. The molecule has 1 aliphatic heterocycles. The van der Waals surface area contributed by atoms with E-state index in [9.17, 15) is 19.1 Å². The molecule has 152 valence electrons. The highest BCUT2D eigenvalue weighted by atomic mass is 32.1. The number of rotatable bonds is 4. The summed E-state index contributed by atoms with van der Waals surface area (Å²) in [6, 6.07) is 11.7. The molecule has 1 fully saturated rings. The number of benzene rings is 2. The van der Waals surface area contributed by atoms with Gasteiger partial charge >= 0.3 is 5.91 Å². The predicted octanol–water partition coefficient (Wildman–Crippen LogP) is 4.43. The Labute approximate surface area is 176 Å². The smallest absolute Gasteiger partial charge is 0.301 e. The summed E-state index contributed by atoms with van der Waals surface area (Å²) in [5.41, 5.74) is 3.39. The fraction of sp³-hybridized carbons (Fsp3) is 0.182. The Hall–Kier alpha value is -3.39. The van der Waals surface area contributed by atoms with Crippen molar-refractivity contribution < 1.29 is 19.1 Å². The molecule has 1 amide bonds. The maximum Gasteiger partial charge on any atom is 0.301 e. The van der Waals surface area contributed by atoms with Crippen LogP contribution in [0.2, 0.25) is 0 Å². The van der Waals surface area contributed by atoms with E-state index in [0.717, 1.165) is 16.9 Å². The van der Waals surface area contributed by atoms with Gasteiger partial charge in [0, 0.05) is 5.56 Å². The average molecular weight is 423 g/mol. The number of hydrogen-bond donors (Lipinski definition) is 1. The third kappa shape index (κ3) is 3.39. The number of Topliss-reactive ketones (excluding diaryl/α,β-unsaturated/α-hetero) is 1. The highest BCUT2D eigenvalue weighted by Gasteiger charge is 2.48. The Morgan fingerprint density at radius 3 is 2.33 bits per heavy atom. The van der Waals surface area contributed by atoms with Gasteiger partial charge in [0.15, 0.2) is 0 Å². The maximum atomic E-state index is 13.3. The van der Waals surface area contributed by atoms with Crippen LogP contribution in [0.3, 0.4) is 0 Å². The quantitative estimate of drug-likeness (QED) is 0.381. The van der Waals surface area contributed by atoms with E-state index in [1.54, 1.807) is 0 Å². The summed E-state index contributed by atoms with van der Waals surface area (Å²) >= 11 is 1.12. The molecule has 8 heteroatoms. The minimum atomic E-state index is -0.871. The largest absolute Gasteiger partial charge is 0.507 e. The Kier molecular flexibility index (Phi) is 5.17. The van der Waals surface area contributed by atoms with Crippen molar-refractivity contribution in [2.24, 2.45) is 0 Å². The normalized spacial score (nSPS) is 18.4. The van der Waals surface area contributed by atoms with Crippen molar-refractivity contribution in [3.8, 4) is 0 Å². The summed E-state index contributed by atoms with van der Waals surface area (Å²) in [7, 11) is 0. The SMILES string of the molecule is CC(C)c1ccc(C2/C(=C(\O)c3ccc(F)cc3)C(=O)C(=O)N2c2nncs2)cc1. The van der Waals surface area contributed by atoms with Crippen LogP contribution >= 0.6 is 11.3 Å². The maximum absolute atomic E-state index is 13.3. The van der Waals surface area contributed by atoms with Crippen molar-refractivity contribution in [2.75, 3.05) is 4.90 Å². The number of nitrogens with zero attached hydrogens (tertiary/aromatic N) is 3. The van der Waals surface area contributed by atoms with Gasteiger partial charge in [-0.05, 0) is 41.3 Å². The standard InChI is InChI=1S/C22H18FN3O3S/c1-12(2)13-3-5-14(6-4-13)18-17(19(27)15-7-9-16(23)10-8-15)20(28)21(29)26(18)22-25-24-11-30-22/h3-12,18,27H,1-2H3/b19-17+. The summed E-state index contributed by atoms with van der Waals surface area (Å²) in [5, 5.41) is 18.9. The highest BCUT2D eigenvalue weighted by Crippen LogP contribution is 2.42. The molecular formula is C22H18FN3O3S. The van der Waals surface area contributed by atoms with Gasteiger partial charge in [-0.3, -0.25) is 14.5 Å². The molecule has 0 radical (unpaired) electrons. The number of halogens is 1. The molecule has 30 heavy (non-hydrogen) atoms. The molecule has 3 aromatic rings. The molecule has 1 unspecified atom stereocenters. The van der Waals surface area contributed by atoms with Crippen LogP contribution in [-0.2, 0) is 9.59 Å². The van der Waals surface area contributed by atoms with E-state index >= 15 is 0 Å². The van der Waals surface area contributed by atoms with Crippen molar-refractivity contribution in [1.29, 1.82) is 0 Å². The zero-order chi connectivity index (χ0) is 21.4. The van der Waals surface area contributed by atoms with E-state index in [1.165, 1.54) is 34.7 Å². The van der Waals surface area contributed by atoms with Crippen LogP contribution in [0.5, 0.6) is 0 Å². The Morgan fingerprint density at radius 1 is 1.10 bits per heavy atom.